The van der Waals surface area contributed by atoms with Gasteiger partial charge >= 0.3 is 5.97 Å². The Labute approximate surface area is 216 Å². The number of hydrogen-bond donors (Lipinski definition) is 3. The Kier molecular flexibility index (Phi) is 10.6. The highest BCUT2D eigenvalue weighted by Crippen LogP contribution is 2.41. The van der Waals surface area contributed by atoms with Crippen molar-refractivity contribution in [2.75, 3.05) is 6.61 Å². The zero-order chi connectivity index (χ0) is 26.9. The normalized spacial score (nSPS) is 12.6. The van der Waals surface area contributed by atoms with Gasteiger partial charge in [-0.1, -0.05) is 63.8 Å². The summed E-state index contributed by atoms with van der Waals surface area (Å²) in [6, 6.07) is 12.6. The van der Waals surface area contributed by atoms with E-state index in [0.29, 0.717) is 18.6 Å². The predicted molar refractivity (Wildman–Crippen MR) is 145 cm³/mol. The van der Waals surface area contributed by atoms with E-state index in [4.69, 9.17) is 9.84 Å². The lowest BCUT2D eigenvalue weighted by Crippen LogP contribution is -2.26. The zero-order valence-electron chi connectivity index (χ0n) is 22.6. The Morgan fingerprint density at radius 1 is 0.944 bits per heavy atom. The maximum absolute atomic E-state index is 10.7. The number of carbonyl (C=O) groups is 1. The molecule has 196 valence electrons. The molecule has 0 fully saturated rings. The summed E-state index contributed by atoms with van der Waals surface area (Å²) in [5.74, 6) is 6.02. The fourth-order valence-corrected chi connectivity index (χ4v) is 4.61. The topological polar surface area (TPSA) is 87.0 Å². The average Bonchev–Trinajstić information content (AvgIpc) is 2.87. The Morgan fingerprint density at radius 2 is 1.53 bits per heavy atom. The average molecular weight is 495 g/mol. The SMILES string of the molecule is CCC(O)(C#Cc1ccc(C(CC)(CC)c2ccc(OC[C@@H](O)CCC(=O)O)c(C)c2)cc1C)CC. The number of aryl methyl sites for hydroxylation is 2. The highest BCUT2D eigenvalue weighted by molar-refractivity contribution is 5.66. The van der Waals surface area contributed by atoms with E-state index in [9.17, 15) is 15.0 Å². The summed E-state index contributed by atoms with van der Waals surface area (Å²) in [4.78, 5) is 10.7. The number of hydrogen-bond acceptors (Lipinski definition) is 4. The quantitative estimate of drug-likeness (QED) is 0.319. The van der Waals surface area contributed by atoms with Crippen molar-refractivity contribution >= 4 is 5.97 Å². The van der Waals surface area contributed by atoms with Crippen LogP contribution in [0.25, 0.3) is 0 Å². The summed E-state index contributed by atoms with van der Waals surface area (Å²) in [6.45, 7) is 12.4. The van der Waals surface area contributed by atoms with Crippen molar-refractivity contribution in [3.63, 3.8) is 0 Å². The molecule has 1 atom stereocenters. The minimum Gasteiger partial charge on any atom is -0.491 e. The van der Waals surface area contributed by atoms with Crippen LogP contribution in [0, 0.1) is 25.7 Å². The summed E-state index contributed by atoms with van der Waals surface area (Å²) >= 11 is 0. The number of benzene rings is 2. The van der Waals surface area contributed by atoms with E-state index in [1.807, 2.05) is 26.8 Å². The van der Waals surface area contributed by atoms with E-state index in [1.165, 1.54) is 11.1 Å². The van der Waals surface area contributed by atoms with Crippen LogP contribution in [0.1, 0.15) is 94.0 Å². The molecule has 0 aliphatic heterocycles. The van der Waals surface area contributed by atoms with Gasteiger partial charge < -0.3 is 20.1 Å². The van der Waals surface area contributed by atoms with Gasteiger partial charge in [0, 0.05) is 17.4 Å². The number of carboxylic acid groups (broad SMARTS) is 1. The molecule has 0 spiro atoms. The van der Waals surface area contributed by atoms with Gasteiger partial charge in [0.15, 0.2) is 0 Å². The molecule has 3 N–H and O–H groups in total. The van der Waals surface area contributed by atoms with Gasteiger partial charge in [-0.15, -0.1) is 0 Å². The number of rotatable bonds is 12. The summed E-state index contributed by atoms with van der Waals surface area (Å²) < 4.78 is 5.80. The maximum atomic E-state index is 10.7. The van der Waals surface area contributed by atoms with E-state index in [1.54, 1.807) is 0 Å². The summed E-state index contributed by atoms with van der Waals surface area (Å²) in [6.07, 6.45) is 2.31. The zero-order valence-corrected chi connectivity index (χ0v) is 22.6. The van der Waals surface area contributed by atoms with Crippen molar-refractivity contribution in [1.82, 2.24) is 0 Å². The minimum atomic E-state index is -0.949. The van der Waals surface area contributed by atoms with Crippen LogP contribution in [0.5, 0.6) is 5.75 Å². The molecular formula is C31H42O5. The van der Waals surface area contributed by atoms with Gasteiger partial charge in [0.2, 0.25) is 0 Å². The van der Waals surface area contributed by atoms with Gasteiger partial charge in [0.1, 0.15) is 18.0 Å². The first-order valence-electron chi connectivity index (χ1n) is 13.0. The second-order valence-corrected chi connectivity index (χ2v) is 9.69. The number of ether oxygens (including phenoxy) is 1. The number of carboxylic acids is 1. The summed E-state index contributed by atoms with van der Waals surface area (Å²) in [7, 11) is 0. The van der Waals surface area contributed by atoms with Gasteiger partial charge in [0.05, 0.1) is 6.10 Å². The number of aliphatic carboxylic acids is 1. The molecule has 5 heteroatoms. The minimum absolute atomic E-state index is 0.0625. The lowest BCUT2D eigenvalue weighted by atomic mass is 9.70. The third-order valence-electron chi connectivity index (χ3n) is 7.44. The summed E-state index contributed by atoms with van der Waals surface area (Å²) in [5, 5.41) is 29.3. The monoisotopic (exact) mass is 494 g/mol. The van der Waals surface area contributed by atoms with Gasteiger partial charge in [0.25, 0.3) is 0 Å². The van der Waals surface area contributed by atoms with Gasteiger partial charge in [-0.25, -0.2) is 0 Å². The molecule has 0 aromatic heterocycles. The maximum Gasteiger partial charge on any atom is 0.303 e. The molecule has 2 aromatic rings. The molecule has 36 heavy (non-hydrogen) atoms. The Balaban J connectivity index is 2.32. The molecule has 0 amide bonds. The van der Waals surface area contributed by atoms with Crippen LogP contribution in [0.4, 0.5) is 0 Å². The van der Waals surface area contributed by atoms with E-state index in [-0.39, 0.29) is 24.9 Å². The second-order valence-electron chi connectivity index (χ2n) is 9.69. The lowest BCUT2D eigenvalue weighted by molar-refractivity contribution is -0.137. The molecule has 0 saturated carbocycles. The van der Waals surface area contributed by atoms with Crippen LogP contribution in [-0.2, 0) is 10.2 Å². The third-order valence-corrected chi connectivity index (χ3v) is 7.44. The van der Waals surface area contributed by atoms with Crippen LogP contribution < -0.4 is 4.74 Å². The Morgan fingerprint density at radius 3 is 2.03 bits per heavy atom. The van der Waals surface area contributed by atoms with Crippen molar-refractivity contribution in [3.8, 4) is 17.6 Å². The van der Waals surface area contributed by atoms with Crippen LogP contribution in [-0.4, -0.2) is 39.6 Å². The molecule has 0 radical (unpaired) electrons. The molecule has 0 aliphatic carbocycles. The van der Waals surface area contributed by atoms with Gasteiger partial charge in [-0.05, 0) is 80.3 Å². The molecule has 0 saturated heterocycles. The fourth-order valence-electron chi connectivity index (χ4n) is 4.61. The van der Waals surface area contributed by atoms with Crippen molar-refractivity contribution < 1.29 is 24.9 Å². The van der Waals surface area contributed by atoms with Gasteiger partial charge in [-0.3, -0.25) is 4.79 Å². The van der Waals surface area contributed by atoms with Gasteiger partial charge in [-0.2, -0.15) is 0 Å². The Hall–Kier alpha value is -2.81. The highest BCUT2D eigenvalue weighted by atomic mass is 16.5. The van der Waals surface area contributed by atoms with Crippen LogP contribution >= 0.6 is 0 Å². The van der Waals surface area contributed by atoms with E-state index < -0.39 is 17.7 Å². The molecule has 0 heterocycles. The first-order valence-corrected chi connectivity index (χ1v) is 13.0. The van der Waals surface area contributed by atoms with Crippen molar-refractivity contribution in [2.24, 2.45) is 0 Å². The van der Waals surface area contributed by atoms with Crippen LogP contribution in [0.15, 0.2) is 36.4 Å². The van der Waals surface area contributed by atoms with Crippen molar-refractivity contribution in [1.29, 1.82) is 0 Å². The molecule has 0 aliphatic rings. The van der Waals surface area contributed by atoms with Crippen molar-refractivity contribution in [3.05, 3.63) is 64.2 Å². The molecule has 2 aromatic carbocycles. The first kappa shape index (κ1) is 29.4. The fraction of sp³-hybridized carbons (Fsp3) is 0.516. The standard InChI is InChI=1S/C31H42O5/c1-7-30(35,8-2)18-17-24-11-12-25(19-22(24)5)31(9-3,10-4)26-13-15-28(23(6)20-26)36-21-27(32)14-16-29(33)34/h11-13,15,19-20,27,32,35H,7-10,14,16,21H2,1-6H3,(H,33,34)/t27-/m0/s1. The summed E-state index contributed by atoms with van der Waals surface area (Å²) in [5.41, 5.74) is 4.31. The molecule has 0 bridgehead atoms. The molecule has 0 unspecified atom stereocenters. The van der Waals surface area contributed by atoms with E-state index in [2.05, 4.69) is 62.9 Å². The van der Waals surface area contributed by atoms with Crippen LogP contribution in [0.2, 0.25) is 0 Å². The van der Waals surface area contributed by atoms with Crippen molar-refractivity contribution in [2.45, 2.75) is 97.2 Å². The predicted octanol–water partition coefficient (Wildman–Crippen LogP) is 5.92. The number of aliphatic hydroxyl groups excluding tert-OH is 1. The highest BCUT2D eigenvalue weighted by Gasteiger charge is 2.31. The number of aliphatic hydroxyl groups is 2. The largest absolute Gasteiger partial charge is 0.491 e. The first-order chi connectivity index (χ1) is 17.0. The molecule has 5 nitrogen and oxygen atoms in total. The van der Waals surface area contributed by atoms with E-state index in [0.717, 1.165) is 29.5 Å². The van der Waals surface area contributed by atoms with Crippen LogP contribution in [0.3, 0.4) is 0 Å². The second kappa shape index (κ2) is 12.9. The Bertz CT molecular complexity index is 1080. The lowest BCUT2D eigenvalue weighted by Gasteiger charge is -2.34. The van der Waals surface area contributed by atoms with E-state index >= 15 is 0 Å². The third kappa shape index (κ3) is 7.12. The smallest absolute Gasteiger partial charge is 0.303 e. The molecular weight excluding hydrogens is 452 g/mol. The molecule has 2 rings (SSSR count).